The fourth-order valence-corrected chi connectivity index (χ4v) is 2.01. The van der Waals surface area contributed by atoms with Gasteiger partial charge in [-0.3, -0.25) is 0 Å². The van der Waals surface area contributed by atoms with Gasteiger partial charge in [-0.1, -0.05) is 24.3 Å². The minimum Gasteiger partial charge on any atom is -0.456 e. The number of halogens is 1. The Labute approximate surface area is 115 Å². The van der Waals surface area contributed by atoms with Crippen molar-refractivity contribution in [3.8, 4) is 11.5 Å². The molecule has 0 saturated carbocycles. The quantitative estimate of drug-likeness (QED) is 0.855. The van der Waals surface area contributed by atoms with Crippen LogP contribution >= 0.6 is 22.6 Å². The van der Waals surface area contributed by atoms with Gasteiger partial charge in [-0.05, 0) is 59.3 Å². The third-order valence-corrected chi connectivity index (χ3v) is 3.34. The lowest BCUT2D eigenvalue weighted by Gasteiger charge is -2.10. The summed E-state index contributed by atoms with van der Waals surface area (Å²) in [5, 5.41) is 0. The van der Waals surface area contributed by atoms with Crippen molar-refractivity contribution in [1.29, 1.82) is 0 Å². The molecule has 0 aliphatic carbocycles. The summed E-state index contributed by atoms with van der Waals surface area (Å²) in [5.41, 5.74) is 6.93. The number of rotatable bonds is 3. The first-order valence-corrected chi connectivity index (χ1v) is 6.52. The molecule has 0 bridgehead atoms. The molecular formula is C14H14INO. The van der Waals surface area contributed by atoms with Crippen LogP contribution in [0.1, 0.15) is 18.5 Å². The summed E-state index contributed by atoms with van der Waals surface area (Å²) in [7, 11) is 0. The topological polar surface area (TPSA) is 35.2 Å². The van der Waals surface area contributed by atoms with E-state index in [1.54, 1.807) is 0 Å². The van der Waals surface area contributed by atoms with Crippen LogP contribution < -0.4 is 10.5 Å². The average molecular weight is 339 g/mol. The maximum atomic E-state index is 5.85. The third-order valence-electron chi connectivity index (χ3n) is 2.45. The highest BCUT2D eigenvalue weighted by atomic mass is 127. The minimum atomic E-state index is 0.0217. The van der Waals surface area contributed by atoms with E-state index in [1.807, 2.05) is 55.5 Å². The number of hydrogen-bond acceptors (Lipinski definition) is 2. The monoisotopic (exact) mass is 339 g/mol. The Morgan fingerprint density at radius 1 is 1.12 bits per heavy atom. The summed E-state index contributed by atoms with van der Waals surface area (Å²) in [6.45, 7) is 1.96. The second-order valence-corrected chi connectivity index (χ2v) is 5.06. The molecule has 17 heavy (non-hydrogen) atoms. The van der Waals surface area contributed by atoms with Crippen molar-refractivity contribution in [2.24, 2.45) is 5.73 Å². The molecule has 2 nitrogen and oxygen atoms in total. The second kappa shape index (κ2) is 5.51. The molecule has 2 aromatic rings. The summed E-state index contributed by atoms with van der Waals surface area (Å²) in [6, 6.07) is 15.8. The fraction of sp³-hybridized carbons (Fsp3) is 0.143. The Kier molecular flexibility index (Phi) is 4.02. The number of benzene rings is 2. The van der Waals surface area contributed by atoms with Gasteiger partial charge in [0.25, 0.3) is 0 Å². The molecule has 0 saturated heterocycles. The van der Waals surface area contributed by atoms with Crippen LogP contribution in [0.5, 0.6) is 11.5 Å². The van der Waals surface area contributed by atoms with Gasteiger partial charge in [0, 0.05) is 6.04 Å². The van der Waals surface area contributed by atoms with Crippen LogP contribution in [0.2, 0.25) is 0 Å². The van der Waals surface area contributed by atoms with Crippen molar-refractivity contribution in [2.75, 3.05) is 0 Å². The highest BCUT2D eigenvalue weighted by Gasteiger charge is 2.04. The fourth-order valence-electron chi connectivity index (χ4n) is 1.52. The zero-order valence-electron chi connectivity index (χ0n) is 9.56. The average Bonchev–Trinajstić information content (AvgIpc) is 2.32. The van der Waals surface area contributed by atoms with E-state index in [4.69, 9.17) is 10.5 Å². The van der Waals surface area contributed by atoms with Gasteiger partial charge in [-0.2, -0.15) is 0 Å². The van der Waals surface area contributed by atoms with Crippen LogP contribution in [0.3, 0.4) is 0 Å². The maximum Gasteiger partial charge on any atom is 0.140 e. The Hall–Kier alpha value is -1.07. The molecule has 0 aliphatic rings. The number of para-hydroxylation sites is 1. The zero-order valence-corrected chi connectivity index (χ0v) is 11.7. The molecule has 0 heterocycles. The first kappa shape index (κ1) is 12.4. The molecule has 0 aliphatic heterocycles. The van der Waals surface area contributed by atoms with Crippen LogP contribution in [0, 0.1) is 3.57 Å². The molecule has 0 amide bonds. The van der Waals surface area contributed by atoms with E-state index in [-0.39, 0.29) is 6.04 Å². The van der Waals surface area contributed by atoms with Crippen LogP contribution in [-0.2, 0) is 0 Å². The highest BCUT2D eigenvalue weighted by Crippen LogP contribution is 2.27. The molecule has 1 atom stereocenters. The predicted octanol–water partition coefficient (Wildman–Crippen LogP) is 4.10. The van der Waals surface area contributed by atoms with E-state index < -0.39 is 0 Å². The Balaban J connectivity index is 2.25. The molecular weight excluding hydrogens is 325 g/mol. The predicted molar refractivity (Wildman–Crippen MR) is 78.3 cm³/mol. The number of nitrogens with two attached hydrogens (primary N) is 1. The van der Waals surface area contributed by atoms with E-state index in [2.05, 4.69) is 22.6 Å². The first-order valence-electron chi connectivity index (χ1n) is 5.45. The smallest absolute Gasteiger partial charge is 0.140 e. The lowest BCUT2D eigenvalue weighted by molar-refractivity contribution is 0.478. The summed E-state index contributed by atoms with van der Waals surface area (Å²) >= 11 is 2.26. The first-order chi connectivity index (χ1) is 8.16. The van der Waals surface area contributed by atoms with Crippen LogP contribution in [-0.4, -0.2) is 0 Å². The third kappa shape index (κ3) is 3.20. The van der Waals surface area contributed by atoms with E-state index in [0.29, 0.717) is 0 Å². The summed E-state index contributed by atoms with van der Waals surface area (Å²) in [6.07, 6.45) is 0. The van der Waals surface area contributed by atoms with Crippen molar-refractivity contribution in [1.82, 2.24) is 0 Å². The van der Waals surface area contributed by atoms with Crippen molar-refractivity contribution in [3.05, 3.63) is 57.7 Å². The Morgan fingerprint density at radius 2 is 1.88 bits per heavy atom. The zero-order chi connectivity index (χ0) is 12.3. The molecule has 0 aromatic heterocycles. The van der Waals surface area contributed by atoms with Gasteiger partial charge >= 0.3 is 0 Å². The second-order valence-electron chi connectivity index (χ2n) is 3.89. The molecule has 88 valence electrons. The summed E-state index contributed by atoms with van der Waals surface area (Å²) in [5.74, 6) is 1.69. The molecule has 0 fully saturated rings. The molecule has 2 N–H and O–H groups in total. The van der Waals surface area contributed by atoms with Crippen molar-refractivity contribution < 1.29 is 4.74 Å². The molecule has 0 spiro atoms. The van der Waals surface area contributed by atoms with Gasteiger partial charge in [0.2, 0.25) is 0 Å². The van der Waals surface area contributed by atoms with Crippen molar-refractivity contribution in [2.45, 2.75) is 13.0 Å². The summed E-state index contributed by atoms with van der Waals surface area (Å²) in [4.78, 5) is 0. The largest absolute Gasteiger partial charge is 0.456 e. The molecule has 0 radical (unpaired) electrons. The molecule has 3 heteroatoms. The van der Waals surface area contributed by atoms with E-state index in [1.165, 1.54) is 0 Å². The maximum absolute atomic E-state index is 5.85. The van der Waals surface area contributed by atoms with E-state index >= 15 is 0 Å². The number of ether oxygens (including phenoxy) is 1. The van der Waals surface area contributed by atoms with Gasteiger partial charge in [0.15, 0.2) is 0 Å². The SMILES string of the molecule is CC(N)c1cccc(Oc2ccccc2I)c1. The van der Waals surface area contributed by atoms with Crippen molar-refractivity contribution in [3.63, 3.8) is 0 Å². The van der Waals surface area contributed by atoms with Crippen molar-refractivity contribution >= 4 is 22.6 Å². The van der Waals surface area contributed by atoms with Crippen LogP contribution in [0.4, 0.5) is 0 Å². The van der Waals surface area contributed by atoms with Gasteiger partial charge < -0.3 is 10.5 Å². The van der Waals surface area contributed by atoms with Crippen LogP contribution in [0.15, 0.2) is 48.5 Å². The number of hydrogen-bond donors (Lipinski definition) is 1. The standard InChI is InChI=1S/C14H14INO/c1-10(16)11-5-4-6-12(9-11)17-14-8-3-2-7-13(14)15/h2-10H,16H2,1H3. The van der Waals surface area contributed by atoms with E-state index in [9.17, 15) is 0 Å². The van der Waals surface area contributed by atoms with E-state index in [0.717, 1.165) is 20.6 Å². The molecule has 1 unspecified atom stereocenters. The Morgan fingerprint density at radius 3 is 2.59 bits per heavy atom. The van der Waals surface area contributed by atoms with Gasteiger partial charge in [0.1, 0.15) is 11.5 Å². The molecule has 2 aromatic carbocycles. The van der Waals surface area contributed by atoms with Crippen LogP contribution in [0.25, 0.3) is 0 Å². The minimum absolute atomic E-state index is 0.0217. The lowest BCUT2D eigenvalue weighted by Crippen LogP contribution is -2.04. The highest BCUT2D eigenvalue weighted by molar-refractivity contribution is 14.1. The van der Waals surface area contributed by atoms with Gasteiger partial charge in [-0.25, -0.2) is 0 Å². The lowest BCUT2D eigenvalue weighted by atomic mass is 10.1. The molecule has 2 rings (SSSR count). The summed E-state index contributed by atoms with van der Waals surface area (Å²) < 4.78 is 6.93. The van der Waals surface area contributed by atoms with Gasteiger partial charge in [0.05, 0.1) is 3.57 Å². The Bertz CT molecular complexity index is 511. The normalized spacial score (nSPS) is 12.2. The van der Waals surface area contributed by atoms with Gasteiger partial charge in [-0.15, -0.1) is 0 Å².